The van der Waals surface area contributed by atoms with E-state index in [9.17, 15) is 13.6 Å². The normalized spacial score (nSPS) is 11.3. The summed E-state index contributed by atoms with van der Waals surface area (Å²) in [5.41, 5.74) is 9.00. The average Bonchev–Trinajstić information content (AvgIpc) is 2.67. The van der Waals surface area contributed by atoms with Gasteiger partial charge in [0.25, 0.3) is 6.43 Å². The van der Waals surface area contributed by atoms with E-state index >= 15 is 0 Å². The van der Waals surface area contributed by atoms with Crippen LogP contribution in [-0.4, -0.2) is 24.9 Å². The Morgan fingerprint density at radius 2 is 1.48 bits per heavy atom. The second kappa shape index (κ2) is 12.8. The quantitative estimate of drug-likeness (QED) is 0.512. The molecule has 4 nitrogen and oxygen atoms in total. The Morgan fingerprint density at radius 1 is 1.00 bits per heavy atom. The summed E-state index contributed by atoms with van der Waals surface area (Å²) in [4.78, 5) is 14.5. The number of rotatable bonds is 8. The molecule has 0 heterocycles. The van der Waals surface area contributed by atoms with Crippen molar-refractivity contribution >= 4 is 17.9 Å². The zero-order valence-electron chi connectivity index (χ0n) is 19.3. The minimum absolute atomic E-state index is 0.0145. The predicted octanol–water partition coefficient (Wildman–Crippen LogP) is 5.61. The predicted molar refractivity (Wildman–Crippen MR) is 126 cm³/mol. The lowest BCUT2D eigenvalue weighted by molar-refractivity contribution is -0.117. The van der Waals surface area contributed by atoms with Crippen molar-refractivity contribution in [3.63, 3.8) is 0 Å². The molecule has 0 spiro atoms. The first-order valence-corrected chi connectivity index (χ1v) is 11.2. The minimum atomic E-state index is -2.50. The molecular formula is C24H35F2N3OS. The average molecular weight is 452 g/mol. The van der Waals surface area contributed by atoms with Crippen LogP contribution in [0.2, 0.25) is 0 Å². The molecule has 2 aromatic carbocycles. The summed E-state index contributed by atoms with van der Waals surface area (Å²) in [7, 11) is 4.12. The lowest BCUT2D eigenvalue weighted by Crippen LogP contribution is -2.17. The highest BCUT2D eigenvalue weighted by Crippen LogP contribution is 2.33. The summed E-state index contributed by atoms with van der Waals surface area (Å²) >= 11 is 1.28. The van der Waals surface area contributed by atoms with Crippen LogP contribution in [-0.2, 0) is 17.8 Å². The van der Waals surface area contributed by atoms with Crippen LogP contribution in [0.15, 0.2) is 41.3 Å². The third-order valence-corrected chi connectivity index (χ3v) is 5.29. The maximum Gasteiger partial charge on any atom is 0.263 e. The Labute approximate surface area is 189 Å². The topological polar surface area (TPSA) is 72.4 Å². The van der Waals surface area contributed by atoms with E-state index in [0.717, 1.165) is 28.1 Å². The van der Waals surface area contributed by atoms with Gasteiger partial charge in [-0.2, -0.15) is 0 Å². The molecular weight excluding hydrogens is 416 g/mol. The van der Waals surface area contributed by atoms with Gasteiger partial charge in [-0.15, -0.1) is 0 Å². The Balaban J connectivity index is 0.000000343. The van der Waals surface area contributed by atoms with Crippen molar-refractivity contribution in [3.05, 3.63) is 64.2 Å². The fourth-order valence-electron chi connectivity index (χ4n) is 3.31. The lowest BCUT2D eigenvalue weighted by atomic mass is 9.85. The van der Waals surface area contributed by atoms with E-state index in [0.29, 0.717) is 0 Å². The summed E-state index contributed by atoms with van der Waals surface area (Å²) in [5.74, 6) is -0.287. The smallest absolute Gasteiger partial charge is 0.263 e. The molecule has 0 aliphatic carbocycles. The van der Waals surface area contributed by atoms with Crippen molar-refractivity contribution in [1.29, 1.82) is 0 Å². The zero-order valence-corrected chi connectivity index (χ0v) is 20.1. The SMILES string of the molecule is CC(C)c1cc(C(F)F)cc(C(C)C)c1CC(N)=O.CN(C)Cc1ccc(SN)cc1. The van der Waals surface area contributed by atoms with Crippen LogP contribution < -0.4 is 10.9 Å². The second-order valence-electron chi connectivity index (χ2n) is 8.43. The maximum atomic E-state index is 13.0. The second-order valence-corrected chi connectivity index (χ2v) is 9.14. The Bertz CT molecular complexity index is 808. The summed E-state index contributed by atoms with van der Waals surface area (Å²) in [5, 5.41) is 5.41. The number of hydrogen-bond donors (Lipinski definition) is 2. The molecule has 31 heavy (non-hydrogen) atoms. The molecule has 7 heteroatoms. The van der Waals surface area contributed by atoms with E-state index in [2.05, 4.69) is 31.1 Å². The molecule has 0 bridgehead atoms. The van der Waals surface area contributed by atoms with Crippen molar-refractivity contribution < 1.29 is 13.6 Å². The van der Waals surface area contributed by atoms with Crippen LogP contribution in [0.1, 0.15) is 73.8 Å². The number of hydrogen-bond acceptors (Lipinski definition) is 4. The molecule has 172 valence electrons. The van der Waals surface area contributed by atoms with E-state index in [1.165, 1.54) is 29.6 Å². The minimum Gasteiger partial charge on any atom is -0.369 e. The van der Waals surface area contributed by atoms with Gasteiger partial charge in [0, 0.05) is 17.0 Å². The molecule has 0 aromatic heterocycles. The summed E-state index contributed by atoms with van der Waals surface area (Å²) in [6.45, 7) is 8.70. The fourth-order valence-corrected chi connectivity index (χ4v) is 3.61. The van der Waals surface area contributed by atoms with Crippen molar-refractivity contribution in [2.75, 3.05) is 14.1 Å². The fraction of sp³-hybridized carbons (Fsp3) is 0.458. The van der Waals surface area contributed by atoms with Gasteiger partial charge in [0.15, 0.2) is 0 Å². The van der Waals surface area contributed by atoms with Gasteiger partial charge < -0.3 is 10.6 Å². The van der Waals surface area contributed by atoms with Gasteiger partial charge in [0.1, 0.15) is 0 Å². The Morgan fingerprint density at radius 3 is 1.81 bits per heavy atom. The number of amides is 1. The molecule has 0 radical (unpaired) electrons. The zero-order chi connectivity index (χ0) is 23.7. The van der Waals surface area contributed by atoms with Crippen LogP contribution in [0, 0.1) is 0 Å². The number of nitrogens with two attached hydrogens (primary N) is 2. The molecule has 0 atom stereocenters. The number of alkyl halides is 2. The molecule has 0 unspecified atom stereocenters. The monoisotopic (exact) mass is 451 g/mol. The van der Waals surface area contributed by atoms with Gasteiger partial charge in [-0.1, -0.05) is 39.8 Å². The number of carbonyl (C=O) groups excluding carboxylic acids is 1. The standard InChI is InChI=1S/C15H21F2NO.C9H14N2S/c1-8(2)11-5-10(15(16)17)6-12(9(3)4)13(11)7-14(18)19;1-11(2)7-8-3-5-9(12-10)6-4-8/h5-6,8-9,15H,7H2,1-4H3,(H2,18,19);3-6H,7,10H2,1-2H3. The summed E-state index contributed by atoms with van der Waals surface area (Å²) in [6.07, 6.45) is -2.40. The Kier molecular flexibility index (Phi) is 11.2. The Hall–Kier alpha value is -1.96. The van der Waals surface area contributed by atoms with E-state index in [1.807, 2.05) is 39.8 Å². The van der Waals surface area contributed by atoms with Gasteiger partial charge in [0.2, 0.25) is 5.91 Å². The highest BCUT2D eigenvalue weighted by atomic mass is 32.2. The number of primary amides is 1. The number of halogens is 2. The number of carbonyl (C=O) groups is 1. The van der Waals surface area contributed by atoms with Crippen LogP contribution in [0.25, 0.3) is 0 Å². The van der Waals surface area contributed by atoms with Crippen LogP contribution in [0.3, 0.4) is 0 Å². The first-order valence-electron chi connectivity index (χ1n) is 10.3. The molecule has 0 saturated carbocycles. The molecule has 0 aliphatic heterocycles. The van der Waals surface area contributed by atoms with Crippen LogP contribution in [0.5, 0.6) is 0 Å². The van der Waals surface area contributed by atoms with Crippen molar-refractivity contribution in [2.45, 2.75) is 63.8 Å². The van der Waals surface area contributed by atoms with Crippen molar-refractivity contribution in [1.82, 2.24) is 4.90 Å². The van der Waals surface area contributed by atoms with Gasteiger partial charge in [-0.25, -0.2) is 8.78 Å². The molecule has 1 amide bonds. The van der Waals surface area contributed by atoms with E-state index in [4.69, 9.17) is 10.9 Å². The molecule has 4 N–H and O–H groups in total. The summed E-state index contributed by atoms with van der Waals surface area (Å²) in [6, 6.07) is 11.3. The number of benzene rings is 2. The number of nitrogens with zero attached hydrogens (tertiary/aromatic N) is 1. The highest BCUT2D eigenvalue weighted by Gasteiger charge is 2.20. The van der Waals surface area contributed by atoms with E-state index in [-0.39, 0.29) is 23.8 Å². The van der Waals surface area contributed by atoms with Gasteiger partial charge in [-0.05, 0) is 84.4 Å². The lowest BCUT2D eigenvalue weighted by Gasteiger charge is -2.20. The van der Waals surface area contributed by atoms with Crippen LogP contribution >= 0.6 is 11.9 Å². The maximum absolute atomic E-state index is 13.0. The first kappa shape index (κ1) is 27.1. The van der Waals surface area contributed by atoms with Crippen molar-refractivity contribution in [2.24, 2.45) is 10.9 Å². The van der Waals surface area contributed by atoms with Gasteiger partial charge in [0.05, 0.1) is 6.42 Å². The molecule has 0 saturated heterocycles. The molecule has 0 fully saturated rings. The van der Waals surface area contributed by atoms with E-state index < -0.39 is 12.3 Å². The van der Waals surface area contributed by atoms with Gasteiger partial charge >= 0.3 is 0 Å². The summed E-state index contributed by atoms with van der Waals surface area (Å²) < 4.78 is 25.9. The third kappa shape index (κ3) is 8.97. The molecule has 2 aromatic rings. The van der Waals surface area contributed by atoms with Gasteiger partial charge in [-0.3, -0.25) is 9.93 Å². The molecule has 2 rings (SSSR count). The van der Waals surface area contributed by atoms with E-state index in [1.54, 1.807) is 0 Å². The molecule has 0 aliphatic rings. The first-order chi connectivity index (χ1) is 14.5. The highest BCUT2D eigenvalue weighted by molar-refractivity contribution is 7.97. The van der Waals surface area contributed by atoms with Crippen LogP contribution in [0.4, 0.5) is 8.78 Å². The van der Waals surface area contributed by atoms with Crippen molar-refractivity contribution in [3.8, 4) is 0 Å². The largest absolute Gasteiger partial charge is 0.369 e. The third-order valence-electron chi connectivity index (χ3n) is 4.75.